The van der Waals surface area contributed by atoms with Crippen LogP contribution in [0.25, 0.3) is 0 Å². The molecule has 20 heavy (non-hydrogen) atoms. The largest absolute Gasteiger partial charge is 0.493 e. The van der Waals surface area contributed by atoms with Crippen molar-refractivity contribution < 1.29 is 9.47 Å². The van der Waals surface area contributed by atoms with Gasteiger partial charge in [-0.1, -0.05) is 34.1 Å². The fourth-order valence-electron chi connectivity index (χ4n) is 1.96. The zero-order chi connectivity index (χ0) is 14.4. The highest BCUT2D eigenvalue weighted by molar-refractivity contribution is 9.10. The summed E-state index contributed by atoms with van der Waals surface area (Å²) in [5.74, 6) is 1.53. The second-order valence-corrected chi connectivity index (χ2v) is 5.06. The van der Waals surface area contributed by atoms with Crippen molar-refractivity contribution in [3.63, 3.8) is 0 Å². The molecule has 0 radical (unpaired) electrons. The van der Waals surface area contributed by atoms with Crippen LogP contribution < -0.4 is 14.8 Å². The van der Waals surface area contributed by atoms with Gasteiger partial charge < -0.3 is 14.8 Å². The molecule has 2 rings (SSSR count). The number of ether oxygens (including phenoxy) is 2. The number of anilines is 1. The molecule has 0 fully saturated rings. The van der Waals surface area contributed by atoms with Gasteiger partial charge in [0.25, 0.3) is 0 Å². The predicted molar refractivity (Wildman–Crippen MR) is 85.6 cm³/mol. The first-order chi connectivity index (χ1) is 9.76. The van der Waals surface area contributed by atoms with E-state index >= 15 is 0 Å². The van der Waals surface area contributed by atoms with E-state index in [9.17, 15) is 0 Å². The molecule has 106 valence electrons. The number of para-hydroxylation sites is 1. The van der Waals surface area contributed by atoms with Gasteiger partial charge in [0.1, 0.15) is 0 Å². The van der Waals surface area contributed by atoms with Crippen LogP contribution in [-0.4, -0.2) is 13.7 Å². The zero-order valence-electron chi connectivity index (χ0n) is 11.7. The van der Waals surface area contributed by atoms with E-state index in [0.29, 0.717) is 13.2 Å². The van der Waals surface area contributed by atoms with Gasteiger partial charge in [0, 0.05) is 22.3 Å². The van der Waals surface area contributed by atoms with E-state index in [1.165, 1.54) is 0 Å². The minimum absolute atomic E-state index is 0.602. The Hall–Kier alpha value is -1.68. The fraction of sp³-hybridized carbons (Fsp3) is 0.250. The Morgan fingerprint density at radius 1 is 1.10 bits per heavy atom. The minimum Gasteiger partial charge on any atom is -0.493 e. The zero-order valence-corrected chi connectivity index (χ0v) is 13.2. The van der Waals surface area contributed by atoms with E-state index in [4.69, 9.17) is 9.47 Å². The molecule has 0 bridgehead atoms. The van der Waals surface area contributed by atoms with Gasteiger partial charge in [-0.3, -0.25) is 0 Å². The predicted octanol–water partition coefficient (Wildman–Crippen LogP) is 4.47. The number of halogens is 1. The van der Waals surface area contributed by atoms with Crippen molar-refractivity contribution in [2.75, 3.05) is 19.0 Å². The maximum Gasteiger partial charge on any atom is 0.167 e. The quantitative estimate of drug-likeness (QED) is 0.844. The Labute approximate surface area is 128 Å². The van der Waals surface area contributed by atoms with Crippen LogP contribution in [0.3, 0.4) is 0 Å². The molecular weight excluding hydrogens is 318 g/mol. The Bertz CT molecular complexity index is 558. The molecule has 0 heterocycles. The third-order valence-corrected chi connectivity index (χ3v) is 3.66. The molecule has 0 unspecified atom stereocenters. The Morgan fingerprint density at radius 2 is 1.85 bits per heavy atom. The Kier molecular flexibility index (Phi) is 5.30. The summed E-state index contributed by atoms with van der Waals surface area (Å²) in [5.41, 5.74) is 2.12. The molecule has 0 amide bonds. The molecule has 0 aliphatic heterocycles. The Balaban J connectivity index is 2.25. The lowest BCUT2D eigenvalue weighted by Gasteiger charge is -2.16. The van der Waals surface area contributed by atoms with Crippen molar-refractivity contribution in [1.82, 2.24) is 0 Å². The number of rotatable bonds is 6. The summed E-state index contributed by atoms with van der Waals surface area (Å²) in [5, 5.41) is 3.39. The van der Waals surface area contributed by atoms with Crippen LogP contribution in [0.5, 0.6) is 11.5 Å². The highest BCUT2D eigenvalue weighted by Gasteiger charge is 2.14. The summed E-state index contributed by atoms with van der Waals surface area (Å²) in [4.78, 5) is 0. The van der Waals surface area contributed by atoms with Gasteiger partial charge in [0.15, 0.2) is 11.5 Å². The van der Waals surface area contributed by atoms with Crippen molar-refractivity contribution in [2.24, 2.45) is 0 Å². The standard InChI is InChI=1S/C16H18BrNO2/c1-3-20-16-13(14(17)9-10-15(16)19-2)11-18-12-7-5-4-6-8-12/h4-10,18H,3,11H2,1-2H3. The molecule has 2 aromatic rings. The molecule has 3 nitrogen and oxygen atoms in total. The average molecular weight is 336 g/mol. The molecule has 2 aromatic carbocycles. The maximum atomic E-state index is 5.73. The van der Waals surface area contributed by atoms with Crippen LogP contribution in [-0.2, 0) is 6.54 Å². The van der Waals surface area contributed by atoms with E-state index in [2.05, 4.69) is 21.2 Å². The van der Waals surface area contributed by atoms with Crippen LogP contribution in [0.4, 0.5) is 5.69 Å². The van der Waals surface area contributed by atoms with Gasteiger partial charge in [-0.05, 0) is 31.2 Å². The molecule has 0 aromatic heterocycles. The molecule has 4 heteroatoms. The number of hydrogen-bond donors (Lipinski definition) is 1. The lowest BCUT2D eigenvalue weighted by Crippen LogP contribution is -2.05. The highest BCUT2D eigenvalue weighted by Crippen LogP contribution is 2.36. The summed E-state index contributed by atoms with van der Waals surface area (Å²) in [6, 6.07) is 14.0. The second-order valence-electron chi connectivity index (χ2n) is 4.21. The van der Waals surface area contributed by atoms with Gasteiger partial charge in [-0.2, -0.15) is 0 Å². The first-order valence-electron chi connectivity index (χ1n) is 6.53. The van der Waals surface area contributed by atoms with Gasteiger partial charge in [-0.15, -0.1) is 0 Å². The number of methoxy groups -OCH3 is 1. The highest BCUT2D eigenvalue weighted by atomic mass is 79.9. The van der Waals surface area contributed by atoms with Crippen LogP contribution in [0.1, 0.15) is 12.5 Å². The smallest absolute Gasteiger partial charge is 0.167 e. The second kappa shape index (κ2) is 7.20. The van der Waals surface area contributed by atoms with Crippen LogP contribution >= 0.6 is 15.9 Å². The fourth-order valence-corrected chi connectivity index (χ4v) is 2.41. The molecule has 0 atom stereocenters. The molecule has 0 saturated heterocycles. The normalized spacial score (nSPS) is 10.2. The number of nitrogens with one attached hydrogen (secondary N) is 1. The van der Waals surface area contributed by atoms with Crippen molar-refractivity contribution in [3.8, 4) is 11.5 Å². The van der Waals surface area contributed by atoms with E-state index in [1.54, 1.807) is 7.11 Å². The van der Waals surface area contributed by atoms with Gasteiger partial charge in [0.05, 0.1) is 13.7 Å². The van der Waals surface area contributed by atoms with Crippen LogP contribution in [0.15, 0.2) is 46.9 Å². The maximum absolute atomic E-state index is 5.73. The van der Waals surface area contributed by atoms with Crippen molar-refractivity contribution in [3.05, 3.63) is 52.5 Å². The Morgan fingerprint density at radius 3 is 2.50 bits per heavy atom. The average Bonchev–Trinajstić information content (AvgIpc) is 2.48. The van der Waals surface area contributed by atoms with E-state index in [-0.39, 0.29) is 0 Å². The lowest BCUT2D eigenvalue weighted by molar-refractivity contribution is 0.307. The summed E-state index contributed by atoms with van der Waals surface area (Å²) in [6.07, 6.45) is 0. The summed E-state index contributed by atoms with van der Waals surface area (Å²) >= 11 is 3.58. The van der Waals surface area contributed by atoms with Crippen molar-refractivity contribution >= 4 is 21.6 Å². The summed E-state index contributed by atoms with van der Waals surface area (Å²) < 4.78 is 12.1. The summed E-state index contributed by atoms with van der Waals surface area (Å²) in [7, 11) is 1.65. The van der Waals surface area contributed by atoms with Gasteiger partial charge in [0.2, 0.25) is 0 Å². The summed E-state index contributed by atoms with van der Waals surface area (Å²) in [6.45, 7) is 3.23. The van der Waals surface area contributed by atoms with Crippen molar-refractivity contribution in [2.45, 2.75) is 13.5 Å². The monoisotopic (exact) mass is 335 g/mol. The van der Waals surface area contributed by atoms with Gasteiger partial charge in [-0.25, -0.2) is 0 Å². The van der Waals surface area contributed by atoms with E-state index in [1.807, 2.05) is 49.4 Å². The molecule has 0 saturated carbocycles. The van der Waals surface area contributed by atoms with Gasteiger partial charge >= 0.3 is 0 Å². The van der Waals surface area contributed by atoms with Crippen LogP contribution in [0, 0.1) is 0 Å². The third kappa shape index (κ3) is 3.45. The first kappa shape index (κ1) is 14.7. The van der Waals surface area contributed by atoms with Crippen molar-refractivity contribution in [1.29, 1.82) is 0 Å². The topological polar surface area (TPSA) is 30.5 Å². The minimum atomic E-state index is 0.602. The first-order valence-corrected chi connectivity index (χ1v) is 7.32. The SMILES string of the molecule is CCOc1c(OC)ccc(Br)c1CNc1ccccc1. The molecule has 0 aliphatic rings. The lowest BCUT2D eigenvalue weighted by atomic mass is 10.1. The third-order valence-electron chi connectivity index (χ3n) is 2.92. The number of benzene rings is 2. The van der Waals surface area contributed by atoms with E-state index in [0.717, 1.165) is 27.2 Å². The molecule has 0 spiro atoms. The molecular formula is C16H18BrNO2. The molecule has 0 aliphatic carbocycles. The number of hydrogen-bond acceptors (Lipinski definition) is 3. The van der Waals surface area contributed by atoms with E-state index < -0.39 is 0 Å². The van der Waals surface area contributed by atoms with Crippen LogP contribution in [0.2, 0.25) is 0 Å². The molecule has 1 N–H and O–H groups in total.